The molecule has 1 N–H and O–H groups in total. The maximum Gasteiger partial charge on any atom is 0.329 e. The minimum atomic E-state index is -2.68. The third-order valence-corrected chi connectivity index (χ3v) is 7.99. The lowest BCUT2D eigenvalue weighted by Gasteiger charge is -2.35. The van der Waals surface area contributed by atoms with Gasteiger partial charge in [-0.2, -0.15) is 0 Å². The van der Waals surface area contributed by atoms with E-state index in [9.17, 15) is 18.4 Å². The summed E-state index contributed by atoms with van der Waals surface area (Å²) in [5.74, 6) is 5.97. The Morgan fingerprint density at radius 2 is 1.69 bits per heavy atom. The number of aryl methyl sites for hydroxylation is 1. The van der Waals surface area contributed by atoms with Crippen LogP contribution in [-0.4, -0.2) is 33.8 Å². The van der Waals surface area contributed by atoms with E-state index in [-0.39, 0.29) is 17.6 Å². The van der Waals surface area contributed by atoms with Crippen LogP contribution in [0.4, 0.5) is 11.4 Å². The number of nitrogens with zero attached hydrogens (tertiary/aromatic N) is 1. The molecule has 1 aromatic heterocycles. The topological polar surface area (TPSA) is 112 Å². The SMILES string of the molecule is COC(=O)C(C(C)C)N(c1ccc(-c2ccc(NC(=O)c3oc4cccc(C#CC5CC5)c4c3C)cc2)cc1)S(=O)[O-]. The molecule has 42 heavy (non-hydrogen) atoms. The fourth-order valence-electron chi connectivity index (χ4n) is 4.86. The summed E-state index contributed by atoms with van der Waals surface area (Å²) in [5.41, 5.74) is 4.89. The van der Waals surface area contributed by atoms with E-state index < -0.39 is 23.3 Å². The van der Waals surface area contributed by atoms with Crippen molar-refractivity contribution in [1.29, 1.82) is 0 Å². The van der Waals surface area contributed by atoms with Gasteiger partial charge in [0.15, 0.2) is 5.76 Å². The molecule has 0 bridgehead atoms. The molecule has 4 aromatic rings. The molecule has 0 saturated heterocycles. The van der Waals surface area contributed by atoms with Crippen molar-refractivity contribution in [3.63, 3.8) is 0 Å². The first-order valence-corrected chi connectivity index (χ1v) is 14.7. The van der Waals surface area contributed by atoms with Crippen LogP contribution >= 0.6 is 0 Å². The second kappa shape index (κ2) is 12.2. The molecule has 0 aliphatic heterocycles. The summed E-state index contributed by atoms with van der Waals surface area (Å²) in [5, 5.41) is 3.77. The van der Waals surface area contributed by atoms with Crippen LogP contribution in [-0.2, 0) is 20.8 Å². The monoisotopic (exact) mass is 583 g/mol. The van der Waals surface area contributed by atoms with E-state index >= 15 is 0 Å². The first-order chi connectivity index (χ1) is 20.2. The van der Waals surface area contributed by atoms with Crippen LogP contribution in [0.2, 0.25) is 0 Å². The van der Waals surface area contributed by atoms with Gasteiger partial charge >= 0.3 is 5.97 Å². The second-order valence-corrected chi connectivity index (χ2v) is 11.4. The molecule has 1 fully saturated rings. The molecule has 1 amide bonds. The summed E-state index contributed by atoms with van der Waals surface area (Å²) in [6.07, 6.45) is 2.28. The van der Waals surface area contributed by atoms with Crippen molar-refractivity contribution in [3.05, 3.63) is 83.6 Å². The number of furan rings is 1. The number of hydrogen-bond donors (Lipinski definition) is 1. The molecular weight excluding hydrogens is 552 g/mol. The molecule has 1 aliphatic carbocycles. The normalized spacial score (nSPS) is 14.1. The zero-order valence-electron chi connectivity index (χ0n) is 23.8. The number of anilines is 2. The first-order valence-electron chi connectivity index (χ1n) is 13.7. The quantitative estimate of drug-likeness (QED) is 0.150. The number of esters is 1. The van der Waals surface area contributed by atoms with Crippen molar-refractivity contribution >= 4 is 45.5 Å². The number of hydrogen-bond acceptors (Lipinski definition) is 6. The van der Waals surface area contributed by atoms with Crippen LogP contribution in [0.5, 0.6) is 0 Å². The number of carbonyl (C=O) groups excluding carboxylic acids is 2. The van der Waals surface area contributed by atoms with Gasteiger partial charge in [0.2, 0.25) is 0 Å². The molecule has 0 radical (unpaired) electrons. The highest BCUT2D eigenvalue weighted by Crippen LogP contribution is 2.32. The molecular formula is C33H31N2O6S-. The number of fused-ring (bicyclic) bond motifs is 1. The van der Waals surface area contributed by atoms with Crippen molar-refractivity contribution in [2.75, 3.05) is 16.7 Å². The molecule has 8 nitrogen and oxygen atoms in total. The van der Waals surface area contributed by atoms with Crippen molar-refractivity contribution < 1.29 is 27.5 Å². The predicted molar refractivity (Wildman–Crippen MR) is 162 cm³/mol. The Morgan fingerprint density at radius 3 is 2.26 bits per heavy atom. The van der Waals surface area contributed by atoms with E-state index in [1.54, 1.807) is 50.2 Å². The molecule has 5 rings (SSSR count). The van der Waals surface area contributed by atoms with Gasteiger partial charge in [-0.05, 0) is 73.2 Å². The van der Waals surface area contributed by atoms with E-state index in [1.165, 1.54) is 7.11 Å². The van der Waals surface area contributed by atoms with Crippen LogP contribution in [0.1, 0.15) is 48.4 Å². The van der Waals surface area contributed by atoms with Gasteiger partial charge in [0.05, 0.1) is 7.11 Å². The Bertz CT molecular complexity index is 1710. The highest BCUT2D eigenvalue weighted by atomic mass is 32.2. The van der Waals surface area contributed by atoms with Gasteiger partial charge in [-0.1, -0.05) is 56.0 Å². The van der Waals surface area contributed by atoms with Crippen molar-refractivity contribution in [1.82, 2.24) is 0 Å². The third-order valence-electron chi connectivity index (χ3n) is 7.23. The molecule has 1 heterocycles. The third kappa shape index (κ3) is 6.10. The number of rotatable bonds is 8. The summed E-state index contributed by atoms with van der Waals surface area (Å²) < 4.78 is 35.9. The maximum atomic E-state index is 13.1. The Kier molecular flexibility index (Phi) is 8.48. The Balaban J connectivity index is 1.32. The number of ether oxygens (including phenoxy) is 1. The van der Waals surface area contributed by atoms with Gasteiger partial charge in [0.1, 0.15) is 11.6 Å². The lowest BCUT2D eigenvalue weighted by atomic mass is 10.0. The fourth-order valence-corrected chi connectivity index (χ4v) is 5.67. The Morgan fingerprint density at radius 1 is 1.05 bits per heavy atom. The minimum Gasteiger partial charge on any atom is -0.755 e. The molecule has 2 unspecified atom stereocenters. The molecule has 0 spiro atoms. The van der Waals surface area contributed by atoms with E-state index in [0.29, 0.717) is 22.9 Å². The molecule has 2 atom stereocenters. The predicted octanol–water partition coefficient (Wildman–Crippen LogP) is 6.22. The van der Waals surface area contributed by atoms with Gasteiger partial charge in [-0.25, -0.2) is 4.79 Å². The van der Waals surface area contributed by atoms with Gasteiger partial charge in [0.25, 0.3) is 5.91 Å². The summed E-state index contributed by atoms with van der Waals surface area (Å²) in [6, 6.07) is 18.8. The highest BCUT2D eigenvalue weighted by molar-refractivity contribution is 7.80. The molecule has 216 valence electrons. The highest BCUT2D eigenvalue weighted by Gasteiger charge is 2.31. The van der Waals surface area contributed by atoms with Crippen molar-refractivity contribution in [2.45, 2.75) is 39.7 Å². The minimum absolute atomic E-state index is 0.248. The Labute approximate surface area is 247 Å². The number of benzene rings is 3. The number of nitrogens with one attached hydrogen (secondary N) is 1. The van der Waals surface area contributed by atoms with E-state index in [4.69, 9.17) is 9.15 Å². The van der Waals surface area contributed by atoms with Crippen LogP contribution in [0.3, 0.4) is 0 Å². The van der Waals surface area contributed by atoms with Gasteiger partial charge in [-0.15, -0.1) is 0 Å². The lowest BCUT2D eigenvalue weighted by Crippen LogP contribution is -2.46. The summed E-state index contributed by atoms with van der Waals surface area (Å²) in [7, 11) is 1.23. The van der Waals surface area contributed by atoms with E-state index in [0.717, 1.165) is 44.8 Å². The smallest absolute Gasteiger partial charge is 0.329 e. The molecule has 9 heteroatoms. The van der Waals surface area contributed by atoms with Gasteiger partial charge in [0, 0.05) is 45.1 Å². The number of carbonyl (C=O) groups is 2. The van der Waals surface area contributed by atoms with Crippen LogP contribution < -0.4 is 9.62 Å². The van der Waals surface area contributed by atoms with E-state index in [1.807, 2.05) is 37.3 Å². The van der Waals surface area contributed by atoms with Crippen LogP contribution in [0.15, 0.2) is 71.1 Å². The second-order valence-electron chi connectivity index (χ2n) is 10.6. The van der Waals surface area contributed by atoms with Crippen LogP contribution in [0.25, 0.3) is 22.1 Å². The standard InChI is InChI=1S/C33H32N2O6S/c1-20(2)30(33(37)40-4)35(42(38)39)27-18-14-24(15-19-27)23-12-16-26(17-13-23)34-32(36)31-21(3)29-25(11-10-22-8-9-22)6-5-7-28(29)41-31/h5-7,12-20,22,30H,8-9H2,1-4H3,(H,34,36)(H,38,39)/p-1. The summed E-state index contributed by atoms with van der Waals surface area (Å²) in [6.45, 7) is 5.38. The van der Waals surface area contributed by atoms with Gasteiger partial charge in [-0.3, -0.25) is 13.3 Å². The van der Waals surface area contributed by atoms with Crippen LogP contribution in [0, 0.1) is 30.6 Å². The fraction of sp³-hybridized carbons (Fsp3) is 0.273. The number of amides is 1. The lowest BCUT2D eigenvalue weighted by molar-refractivity contribution is -0.142. The van der Waals surface area contributed by atoms with E-state index in [2.05, 4.69) is 17.2 Å². The average molecular weight is 584 g/mol. The first kappa shape index (κ1) is 29.1. The Hall–Kier alpha value is -4.39. The zero-order chi connectivity index (χ0) is 30.0. The van der Waals surface area contributed by atoms with Gasteiger partial charge < -0.3 is 19.0 Å². The molecule has 1 saturated carbocycles. The number of methoxy groups -OCH3 is 1. The van der Waals surface area contributed by atoms with Crippen molar-refractivity contribution in [3.8, 4) is 23.0 Å². The van der Waals surface area contributed by atoms with Crippen molar-refractivity contribution in [2.24, 2.45) is 11.8 Å². The molecule has 1 aliphatic rings. The zero-order valence-corrected chi connectivity index (χ0v) is 24.6. The molecule has 3 aromatic carbocycles. The largest absolute Gasteiger partial charge is 0.755 e. The average Bonchev–Trinajstić information content (AvgIpc) is 3.75. The maximum absolute atomic E-state index is 13.1. The summed E-state index contributed by atoms with van der Waals surface area (Å²) in [4.78, 5) is 25.5. The summed E-state index contributed by atoms with van der Waals surface area (Å²) >= 11 is -2.68.